The maximum Gasteiger partial charge on any atom is 0.125 e. The Morgan fingerprint density at radius 3 is 3.00 bits per heavy atom. The summed E-state index contributed by atoms with van der Waals surface area (Å²) in [5, 5.41) is 1.35. The Balaban J connectivity index is 2.29. The minimum atomic E-state index is -0.278. The van der Waals surface area contributed by atoms with Crippen LogP contribution in [0.25, 0.3) is 22.2 Å². The SMILES string of the molecule is Fc1ccc2c(-c3ncncc3Cl)c[nH]c2c1. The van der Waals surface area contributed by atoms with Crippen LogP contribution >= 0.6 is 11.6 Å². The van der Waals surface area contributed by atoms with Crippen molar-refractivity contribution >= 4 is 22.5 Å². The molecule has 3 rings (SSSR count). The highest BCUT2D eigenvalue weighted by Crippen LogP contribution is 2.31. The van der Waals surface area contributed by atoms with Gasteiger partial charge in [0.25, 0.3) is 0 Å². The maximum absolute atomic E-state index is 13.1. The molecule has 0 amide bonds. The van der Waals surface area contributed by atoms with Crippen LogP contribution in [-0.2, 0) is 0 Å². The zero-order valence-electron chi connectivity index (χ0n) is 8.61. The standard InChI is InChI=1S/C12H7ClFN3/c13-10-5-15-6-17-12(10)9-4-16-11-3-7(14)1-2-8(9)11/h1-6,16H. The van der Waals surface area contributed by atoms with Crippen LogP contribution in [0.1, 0.15) is 0 Å². The number of hydrogen-bond acceptors (Lipinski definition) is 2. The first-order valence-electron chi connectivity index (χ1n) is 4.98. The van der Waals surface area contributed by atoms with Crippen molar-refractivity contribution in [1.29, 1.82) is 0 Å². The van der Waals surface area contributed by atoms with Crippen LogP contribution in [0.2, 0.25) is 5.02 Å². The number of halogens is 2. The normalized spacial score (nSPS) is 10.9. The molecule has 0 aliphatic rings. The van der Waals surface area contributed by atoms with E-state index < -0.39 is 0 Å². The van der Waals surface area contributed by atoms with E-state index >= 15 is 0 Å². The number of fused-ring (bicyclic) bond motifs is 1. The van der Waals surface area contributed by atoms with E-state index in [0.717, 1.165) is 16.5 Å². The number of nitrogens with zero attached hydrogens (tertiary/aromatic N) is 2. The van der Waals surface area contributed by atoms with E-state index in [1.807, 2.05) is 0 Å². The third-order valence-corrected chi connectivity index (χ3v) is 2.84. The first kappa shape index (κ1) is 10.2. The van der Waals surface area contributed by atoms with Crippen LogP contribution in [0, 0.1) is 5.82 Å². The number of rotatable bonds is 1. The third kappa shape index (κ3) is 1.66. The molecule has 0 spiro atoms. The lowest BCUT2D eigenvalue weighted by molar-refractivity contribution is 0.629. The minimum absolute atomic E-state index is 0.278. The highest BCUT2D eigenvalue weighted by molar-refractivity contribution is 6.33. The lowest BCUT2D eigenvalue weighted by Gasteiger charge is -2.00. The molecule has 1 N–H and O–H groups in total. The molecule has 0 bridgehead atoms. The van der Waals surface area contributed by atoms with Crippen molar-refractivity contribution in [1.82, 2.24) is 15.0 Å². The summed E-state index contributed by atoms with van der Waals surface area (Å²) in [5.74, 6) is -0.278. The largest absolute Gasteiger partial charge is 0.360 e. The summed E-state index contributed by atoms with van der Waals surface area (Å²) in [6, 6.07) is 4.55. The number of H-pyrrole nitrogens is 1. The van der Waals surface area contributed by atoms with E-state index in [-0.39, 0.29) is 5.82 Å². The zero-order valence-corrected chi connectivity index (χ0v) is 9.37. The van der Waals surface area contributed by atoms with Gasteiger partial charge in [-0.15, -0.1) is 0 Å². The van der Waals surface area contributed by atoms with Crippen molar-refractivity contribution in [3.63, 3.8) is 0 Å². The fraction of sp³-hybridized carbons (Fsp3) is 0. The smallest absolute Gasteiger partial charge is 0.125 e. The summed E-state index contributed by atoms with van der Waals surface area (Å²) in [4.78, 5) is 11.0. The molecule has 3 nitrogen and oxygen atoms in total. The number of aromatic nitrogens is 3. The van der Waals surface area contributed by atoms with E-state index in [4.69, 9.17) is 11.6 Å². The quantitative estimate of drug-likeness (QED) is 0.716. The molecule has 17 heavy (non-hydrogen) atoms. The van der Waals surface area contributed by atoms with Gasteiger partial charge in [0, 0.05) is 28.9 Å². The Kier molecular flexibility index (Phi) is 2.30. The molecule has 0 unspecified atom stereocenters. The molecular weight excluding hydrogens is 241 g/mol. The molecule has 0 aliphatic heterocycles. The van der Waals surface area contributed by atoms with E-state index in [9.17, 15) is 4.39 Å². The molecule has 2 aromatic heterocycles. The van der Waals surface area contributed by atoms with E-state index in [1.165, 1.54) is 24.7 Å². The van der Waals surface area contributed by atoms with Crippen LogP contribution in [0.4, 0.5) is 4.39 Å². The van der Waals surface area contributed by atoms with Gasteiger partial charge in [-0.3, -0.25) is 0 Å². The molecule has 2 heterocycles. The maximum atomic E-state index is 13.1. The molecule has 0 saturated carbocycles. The van der Waals surface area contributed by atoms with E-state index in [2.05, 4.69) is 15.0 Å². The molecule has 0 atom stereocenters. The monoisotopic (exact) mass is 247 g/mol. The molecule has 0 aliphatic carbocycles. The second-order valence-corrected chi connectivity index (χ2v) is 4.02. The molecule has 0 saturated heterocycles. The highest BCUT2D eigenvalue weighted by atomic mass is 35.5. The predicted molar refractivity (Wildman–Crippen MR) is 64.3 cm³/mol. The van der Waals surface area contributed by atoms with Gasteiger partial charge in [0.15, 0.2) is 0 Å². The van der Waals surface area contributed by atoms with Crippen molar-refractivity contribution in [2.24, 2.45) is 0 Å². The Morgan fingerprint density at radius 2 is 2.18 bits per heavy atom. The number of hydrogen-bond donors (Lipinski definition) is 1. The zero-order chi connectivity index (χ0) is 11.8. The average molecular weight is 248 g/mol. The predicted octanol–water partition coefficient (Wildman–Crippen LogP) is 3.42. The lowest BCUT2D eigenvalue weighted by Crippen LogP contribution is -1.85. The Bertz CT molecular complexity index is 693. The number of nitrogens with one attached hydrogen (secondary N) is 1. The molecule has 1 aromatic carbocycles. The summed E-state index contributed by atoms with van der Waals surface area (Å²) >= 11 is 6.03. The lowest BCUT2D eigenvalue weighted by atomic mass is 10.1. The molecular formula is C12H7ClFN3. The molecule has 5 heteroatoms. The average Bonchev–Trinajstić information content (AvgIpc) is 2.72. The Morgan fingerprint density at radius 1 is 1.29 bits per heavy atom. The van der Waals surface area contributed by atoms with Crippen molar-refractivity contribution in [2.45, 2.75) is 0 Å². The van der Waals surface area contributed by atoms with E-state index in [1.54, 1.807) is 12.3 Å². The Hall–Kier alpha value is -1.94. The van der Waals surface area contributed by atoms with Crippen molar-refractivity contribution in [3.05, 3.63) is 47.8 Å². The van der Waals surface area contributed by atoms with Crippen molar-refractivity contribution < 1.29 is 4.39 Å². The fourth-order valence-corrected chi connectivity index (χ4v) is 2.01. The third-order valence-electron chi connectivity index (χ3n) is 2.57. The van der Waals surface area contributed by atoms with Crippen molar-refractivity contribution in [2.75, 3.05) is 0 Å². The second kappa shape index (κ2) is 3.82. The van der Waals surface area contributed by atoms with Crippen LogP contribution in [0.5, 0.6) is 0 Å². The molecule has 0 fully saturated rings. The van der Waals surface area contributed by atoms with Gasteiger partial charge >= 0.3 is 0 Å². The van der Waals surface area contributed by atoms with Crippen LogP contribution < -0.4 is 0 Å². The number of benzene rings is 1. The second-order valence-electron chi connectivity index (χ2n) is 3.61. The van der Waals surface area contributed by atoms with Gasteiger partial charge in [0.2, 0.25) is 0 Å². The topological polar surface area (TPSA) is 41.6 Å². The van der Waals surface area contributed by atoms with Crippen LogP contribution in [-0.4, -0.2) is 15.0 Å². The molecule has 0 radical (unpaired) electrons. The van der Waals surface area contributed by atoms with Gasteiger partial charge in [-0.2, -0.15) is 0 Å². The first-order valence-corrected chi connectivity index (χ1v) is 5.36. The van der Waals surface area contributed by atoms with Gasteiger partial charge in [0.05, 0.1) is 10.7 Å². The first-order chi connectivity index (χ1) is 8.25. The molecule has 84 valence electrons. The van der Waals surface area contributed by atoms with Gasteiger partial charge in [-0.05, 0) is 18.2 Å². The summed E-state index contributed by atoms with van der Waals surface area (Å²) in [6.07, 6.45) is 4.73. The summed E-state index contributed by atoms with van der Waals surface area (Å²) < 4.78 is 13.1. The van der Waals surface area contributed by atoms with Gasteiger partial charge in [0.1, 0.15) is 12.1 Å². The van der Waals surface area contributed by atoms with Gasteiger partial charge < -0.3 is 4.98 Å². The van der Waals surface area contributed by atoms with Gasteiger partial charge in [-0.25, -0.2) is 14.4 Å². The Labute approximate surface area is 101 Å². The van der Waals surface area contributed by atoms with Crippen LogP contribution in [0.15, 0.2) is 36.9 Å². The summed E-state index contributed by atoms with van der Waals surface area (Å²) in [5.41, 5.74) is 2.20. The van der Waals surface area contributed by atoms with Crippen LogP contribution in [0.3, 0.4) is 0 Å². The van der Waals surface area contributed by atoms with Gasteiger partial charge in [-0.1, -0.05) is 11.6 Å². The molecule has 3 aromatic rings. The number of aromatic amines is 1. The van der Waals surface area contributed by atoms with Crippen molar-refractivity contribution in [3.8, 4) is 11.3 Å². The van der Waals surface area contributed by atoms with E-state index in [0.29, 0.717) is 10.7 Å². The summed E-state index contributed by atoms with van der Waals surface area (Å²) in [6.45, 7) is 0. The highest BCUT2D eigenvalue weighted by Gasteiger charge is 2.10. The minimum Gasteiger partial charge on any atom is -0.360 e. The fourth-order valence-electron chi connectivity index (χ4n) is 1.81. The summed E-state index contributed by atoms with van der Waals surface area (Å²) in [7, 11) is 0.